The summed E-state index contributed by atoms with van der Waals surface area (Å²) in [5.41, 5.74) is -0.118. The van der Waals surface area contributed by atoms with Gasteiger partial charge in [0.2, 0.25) is 0 Å². The van der Waals surface area contributed by atoms with Crippen molar-refractivity contribution in [2.45, 2.75) is 65.4 Å². The Balaban J connectivity index is 3.20. The van der Waals surface area contributed by atoms with E-state index < -0.39 is 0 Å². The highest BCUT2D eigenvalue weighted by Crippen LogP contribution is 2.09. The Bertz CT molecular complexity index is 273. The minimum atomic E-state index is -0.118. The van der Waals surface area contributed by atoms with Crippen molar-refractivity contribution in [3.8, 4) is 0 Å². The average molecular weight is 332 g/mol. The second-order valence-corrected chi connectivity index (χ2v) is 6.48. The van der Waals surface area contributed by atoms with Gasteiger partial charge in [-0.15, -0.1) is 0 Å². The van der Waals surface area contributed by atoms with Crippen molar-refractivity contribution in [2.75, 3.05) is 46.2 Å². The first-order valence-corrected chi connectivity index (χ1v) is 8.84. The fourth-order valence-electron chi connectivity index (χ4n) is 1.88. The molecule has 138 valence electrons. The summed E-state index contributed by atoms with van der Waals surface area (Å²) < 4.78 is 21.6. The number of carbonyl (C=O) groups is 1. The van der Waals surface area contributed by atoms with Gasteiger partial charge in [-0.05, 0) is 47.0 Å². The SMILES string of the molecule is CCOCCOCCOCCCCC(=O)CCCOC(C)(C)C. The highest BCUT2D eigenvalue weighted by atomic mass is 16.5. The minimum Gasteiger partial charge on any atom is -0.379 e. The van der Waals surface area contributed by atoms with Crippen molar-refractivity contribution in [3.05, 3.63) is 0 Å². The van der Waals surface area contributed by atoms with Crippen LogP contribution in [-0.4, -0.2) is 57.6 Å². The van der Waals surface area contributed by atoms with Crippen LogP contribution in [0.1, 0.15) is 59.8 Å². The molecule has 5 nitrogen and oxygen atoms in total. The Morgan fingerprint density at radius 2 is 1.30 bits per heavy atom. The monoisotopic (exact) mass is 332 g/mol. The first kappa shape index (κ1) is 22.5. The predicted molar refractivity (Wildman–Crippen MR) is 91.9 cm³/mol. The van der Waals surface area contributed by atoms with Crippen molar-refractivity contribution in [1.82, 2.24) is 0 Å². The van der Waals surface area contributed by atoms with E-state index in [2.05, 4.69) is 0 Å². The van der Waals surface area contributed by atoms with E-state index in [1.54, 1.807) is 0 Å². The van der Waals surface area contributed by atoms with Gasteiger partial charge in [-0.25, -0.2) is 0 Å². The molecule has 0 rings (SSSR count). The molecule has 0 radical (unpaired) electrons. The van der Waals surface area contributed by atoms with Gasteiger partial charge in [0.1, 0.15) is 5.78 Å². The van der Waals surface area contributed by atoms with Crippen molar-refractivity contribution >= 4 is 5.78 Å². The third kappa shape index (κ3) is 19.5. The molecule has 0 heterocycles. The van der Waals surface area contributed by atoms with Crippen molar-refractivity contribution in [2.24, 2.45) is 0 Å². The molecule has 23 heavy (non-hydrogen) atoms. The smallest absolute Gasteiger partial charge is 0.133 e. The summed E-state index contributed by atoms with van der Waals surface area (Å²) in [6, 6.07) is 0. The first-order valence-electron chi connectivity index (χ1n) is 8.84. The maximum Gasteiger partial charge on any atom is 0.133 e. The summed E-state index contributed by atoms with van der Waals surface area (Å²) in [5.74, 6) is 0.321. The normalized spacial score (nSPS) is 11.8. The van der Waals surface area contributed by atoms with E-state index in [1.807, 2.05) is 27.7 Å². The molecule has 0 aliphatic carbocycles. The molecule has 0 saturated carbocycles. The second-order valence-electron chi connectivity index (χ2n) is 6.48. The lowest BCUT2D eigenvalue weighted by Gasteiger charge is -2.19. The highest BCUT2D eigenvalue weighted by Gasteiger charge is 2.09. The van der Waals surface area contributed by atoms with Crippen LogP contribution in [0.2, 0.25) is 0 Å². The van der Waals surface area contributed by atoms with Crippen LogP contribution < -0.4 is 0 Å². The lowest BCUT2D eigenvalue weighted by Crippen LogP contribution is -2.20. The molecular formula is C18H36O5. The maximum atomic E-state index is 11.7. The van der Waals surface area contributed by atoms with Crippen LogP contribution in [0, 0.1) is 0 Å². The second kappa shape index (κ2) is 15.1. The van der Waals surface area contributed by atoms with E-state index in [0.29, 0.717) is 58.3 Å². The Morgan fingerprint density at radius 3 is 1.91 bits per heavy atom. The van der Waals surface area contributed by atoms with Gasteiger partial charge in [0, 0.05) is 32.7 Å². The van der Waals surface area contributed by atoms with Crippen LogP contribution >= 0.6 is 0 Å². The molecule has 0 spiro atoms. The zero-order chi connectivity index (χ0) is 17.4. The van der Waals surface area contributed by atoms with E-state index in [1.165, 1.54) is 0 Å². The van der Waals surface area contributed by atoms with Crippen LogP contribution in [-0.2, 0) is 23.7 Å². The molecule has 5 heteroatoms. The molecule has 0 aromatic heterocycles. The van der Waals surface area contributed by atoms with Gasteiger partial charge in [0.25, 0.3) is 0 Å². The molecule has 0 atom stereocenters. The van der Waals surface area contributed by atoms with Crippen LogP contribution in [0.4, 0.5) is 0 Å². The number of Topliss-reactive ketones (excluding diaryl/α,β-unsaturated/α-hetero) is 1. The number of unbranched alkanes of at least 4 members (excludes halogenated alkanes) is 1. The van der Waals surface area contributed by atoms with E-state index in [9.17, 15) is 4.79 Å². The molecule has 0 unspecified atom stereocenters. The Hall–Kier alpha value is -0.490. The third-order valence-corrected chi connectivity index (χ3v) is 3.08. The van der Waals surface area contributed by atoms with E-state index >= 15 is 0 Å². The molecule has 0 aliphatic heterocycles. The summed E-state index contributed by atoms with van der Waals surface area (Å²) >= 11 is 0. The van der Waals surface area contributed by atoms with Crippen molar-refractivity contribution in [1.29, 1.82) is 0 Å². The van der Waals surface area contributed by atoms with E-state index in [4.69, 9.17) is 18.9 Å². The largest absolute Gasteiger partial charge is 0.379 e. The van der Waals surface area contributed by atoms with Gasteiger partial charge in [-0.2, -0.15) is 0 Å². The van der Waals surface area contributed by atoms with Gasteiger partial charge < -0.3 is 18.9 Å². The quantitative estimate of drug-likeness (QED) is 0.406. The molecule has 0 amide bonds. The van der Waals surface area contributed by atoms with Gasteiger partial charge in [-0.3, -0.25) is 4.79 Å². The Kier molecular flexibility index (Phi) is 14.7. The average Bonchev–Trinajstić information content (AvgIpc) is 2.48. The molecule has 0 saturated heterocycles. The van der Waals surface area contributed by atoms with E-state index in [0.717, 1.165) is 25.9 Å². The minimum absolute atomic E-state index is 0.118. The fourth-order valence-corrected chi connectivity index (χ4v) is 1.88. The van der Waals surface area contributed by atoms with Crippen molar-refractivity contribution < 1.29 is 23.7 Å². The number of hydrogen-bond acceptors (Lipinski definition) is 5. The lowest BCUT2D eigenvalue weighted by molar-refractivity contribution is -0.119. The topological polar surface area (TPSA) is 54.0 Å². The summed E-state index contributed by atoms with van der Waals surface area (Å²) in [6.07, 6.45) is 3.88. The predicted octanol–water partition coefficient (Wildman–Crippen LogP) is 3.39. The van der Waals surface area contributed by atoms with Crippen LogP contribution in [0.25, 0.3) is 0 Å². The third-order valence-electron chi connectivity index (χ3n) is 3.08. The van der Waals surface area contributed by atoms with E-state index in [-0.39, 0.29) is 5.60 Å². The van der Waals surface area contributed by atoms with Crippen LogP contribution in [0.3, 0.4) is 0 Å². The van der Waals surface area contributed by atoms with Gasteiger partial charge in [0.05, 0.1) is 32.0 Å². The molecule has 0 aromatic rings. The molecule has 0 bridgehead atoms. The van der Waals surface area contributed by atoms with Gasteiger partial charge in [0.15, 0.2) is 0 Å². The van der Waals surface area contributed by atoms with Crippen molar-refractivity contribution in [3.63, 3.8) is 0 Å². The highest BCUT2D eigenvalue weighted by molar-refractivity contribution is 5.78. The lowest BCUT2D eigenvalue weighted by atomic mass is 10.1. The Morgan fingerprint density at radius 1 is 0.739 bits per heavy atom. The number of rotatable bonds is 16. The Labute approximate surface area is 142 Å². The number of ether oxygens (including phenoxy) is 4. The number of carbonyl (C=O) groups excluding carboxylic acids is 1. The summed E-state index contributed by atoms with van der Waals surface area (Å²) in [6.45, 7) is 12.6. The summed E-state index contributed by atoms with van der Waals surface area (Å²) in [4.78, 5) is 11.7. The molecule has 0 N–H and O–H groups in total. The molecule has 0 fully saturated rings. The van der Waals surface area contributed by atoms with Gasteiger partial charge >= 0.3 is 0 Å². The summed E-state index contributed by atoms with van der Waals surface area (Å²) in [5, 5.41) is 0. The standard InChI is InChI=1S/C18H36O5/c1-5-20-13-14-22-16-15-21-11-7-6-9-17(19)10-8-12-23-18(2,3)4/h5-16H2,1-4H3. The zero-order valence-electron chi connectivity index (χ0n) is 15.5. The van der Waals surface area contributed by atoms with Crippen LogP contribution in [0.15, 0.2) is 0 Å². The summed E-state index contributed by atoms with van der Waals surface area (Å²) in [7, 11) is 0. The number of ketones is 1. The maximum absolute atomic E-state index is 11.7. The first-order chi connectivity index (χ1) is 11.0. The zero-order valence-corrected chi connectivity index (χ0v) is 15.5. The molecule has 0 aliphatic rings. The van der Waals surface area contributed by atoms with Crippen LogP contribution in [0.5, 0.6) is 0 Å². The molecule has 0 aromatic carbocycles. The molecular weight excluding hydrogens is 296 g/mol. The van der Waals surface area contributed by atoms with Gasteiger partial charge in [-0.1, -0.05) is 0 Å². The fraction of sp³-hybridized carbons (Fsp3) is 0.944. The number of hydrogen-bond donors (Lipinski definition) is 0.